The average molecular weight is 301 g/mol. The summed E-state index contributed by atoms with van der Waals surface area (Å²) in [6, 6.07) is 13.9. The number of benzene rings is 2. The van der Waals surface area contributed by atoms with Crippen LogP contribution in [0.1, 0.15) is 0 Å². The molecular weight excluding hydrogens is 285 g/mol. The van der Waals surface area contributed by atoms with Gasteiger partial charge in [-0.15, -0.1) is 0 Å². The Labute approximate surface area is 127 Å². The molecule has 0 aliphatic heterocycles. The number of rotatable bonds is 4. The van der Waals surface area contributed by atoms with Crippen molar-refractivity contribution in [3.63, 3.8) is 0 Å². The summed E-state index contributed by atoms with van der Waals surface area (Å²) < 4.78 is 12.8. The van der Waals surface area contributed by atoms with E-state index in [4.69, 9.17) is 0 Å². The van der Waals surface area contributed by atoms with Gasteiger partial charge >= 0.3 is 6.03 Å². The van der Waals surface area contributed by atoms with E-state index in [1.807, 2.05) is 6.07 Å². The van der Waals surface area contributed by atoms with E-state index in [0.717, 1.165) is 0 Å². The van der Waals surface area contributed by atoms with E-state index < -0.39 is 6.03 Å². The first kappa shape index (κ1) is 15.5. The minimum absolute atomic E-state index is 0.0953. The van der Waals surface area contributed by atoms with Gasteiger partial charge in [-0.1, -0.05) is 18.2 Å². The van der Waals surface area contributed by atoms with Crippen LogP contribution in [0.5, 0.6) is 0 Å². The van der Waals surface area contributed by atoms with Crippen molar-refractivity contribution in [1.82, 2.24) is 4.90 Å². The standard InChI is InChI=1S/C16H16FN3O2/c1-20(11-15(21)18-13-5-3-2-4-6-13)16(22)19-14-9-7-12(17)8-10-14/h2-10H,11H2,1H3,(H,18,21)(H,19,22). The third kappa shape index (κ3) is 4.59. The molecule has 6 heteroatoms. The number of para-hydroxylation sites is 1. The van der Waals surface area contributed by atoms with Crippen molar-refractivity contribution >= 4 is 23.3 Å². The molecule has 114 valence electrons. The number of carbonyl (C=O) groups is 2. The maximum absolute atomic E-state index is 12.8. The summed E-state index contributed by atoms with van der Waals surface area (Å²) in [6.07, 6.45) is 0. The van der Waals surface area contributed by atoms with Gasteiger partial charge in [0.15, 0.2) is 0 Å². The number of nitrogens with zero attached hydrogens (tertiary/aromatic N) is 1. The summed E-state index contributed by atoms with van der Waals surface area (Å²) in [5.74, 6) is -0.684. The van der Waals surface area contributed by atoms with Gasteiger partial charge < -0.3 is 15.5 Å². The molecule has 0 fully saturated rings. The molecule has 0 spiro atoms. The Hall–Kier alpha value is -2.89. The summed E-state index contributed by atoms with van der Waals surface area (Å²) in [5.41, 5.74) is 1.13. The lowest BCUT2D eigenvalue weighted by atomic mass is 10.3. The summed E-state index contributed by atoms with van der Waals surface area (Å²) in [7, 11) is 1.50. The molecule has 0 aromatic heterocycles. The fraction of sp³-hybridized carbons (Fsp3) is 0.125. The van der Waals surface area contributed by atoms with Crippen LogP contribution in [0.15, 0.2) is 54.6 Å². The number of halogens is 1. The van der Waals surface area contributed by atoms with Gasteiger partial charge in [0, 0.05) is 18.4 Å². The lowest BCUT2D eigenvalue weighted by Crippen LogP contribution is -2.37. The molecule has 2 aromatic carbocycles. The number of hydrogen-bond acceptors (Lipinski definition) is 2. The molecule has 0 saturated carbocycles. The number of anilines is 2. The van der Waals surface area contributed by atoms with Crippen molar-refractivity contribution in [2.45, 2.75) is 0 Å². The van der Waals surface area contributed by atoms with E-state index >= 15 is 0 Å². The van der Waals surface area contributed by atoms with Gasteiger partial charge in [-0.05, 0) is 36.4 Å². The molecule has 0 aliphatic carbocycles. The molecule has 0 aliphatic rings. The normalized spacial score (nSPS) is 9.91. The van der Waals surface area contributed by atoms with E-state index in [0.29, 0.717) is 11.4 Å². The molecular formula is C16H16FN3O2. The Morgan fingerprint density at radius 3 is 2.18 bits per heavy atom. The van der Waals surface area contributed by atoms with E-state index in [1.54, 1.807) is 24.3 Å². The summed E-state index contributed by atoms with van der Waals surface area (Å²) in [6.45, 7) is -0.0953. The van der Waals surface area contributed by atoms with Crippen molar-refractivity contribution in [2.75, 3.05) is 24.2 Å². The molecule has 2 rings (SSSR count). The van der Waals surface area contributed by atoms with Crippen molar-refractivity contribution in [3.8, 4) is 0 Å². The highest BCUT2D eigenvalue weighted by Gasteiger charge is 2.13. The van der Waals surface area contributed by atoms with Crippen LogP contribution in [0.4, 0.5) is 20.6 Å². The third-order valence-corrected chi connectivity index (χ3v) is 2.88. The fourth-order valence-electron chi connectivity index (χ4n) is 1.76. The second kappa shape index (κ2) is 7.21. The second-order valence-electron chi connectivity index (χ2n) is 4.71. The van der Waals surface area contributed by atoms with Crippen LogP contribution < -0.4 is 10.6 Å². The molecule has 2 N–H and O–H groups in total. The number of urea groups is 1. The summed E-state index contributed by atoms with van der Waals surface area (Å²) in [5, 5.41) is 5.27. The molecule has 2 aromatic rings. The highest BCUT2D eigenvalue weighted by Crippen LogP contribution is 2.09. The zero-order valence-electron chi connectivity index (χ0n) is 12.0. The van der Waals surface area contributed by atoms with Gasteiger partial charge in [0.2, 0.25) is 5.91 Å². The van der Waals surface area contributed by atoms with Gasteiger partial charge in [0.1, 0.15) is 12.4 Å². The maximum Gasteiger partial charge on any atom is 0.322 e. The first-order valence-electron chi connectivity index (χ1n) is 6.67. The SMILES string of the molecule is CN(CC(=O)Nc1ccccc1)C(=O)Nc1ccc(F)cc1. The smallest absolute Gasteiger partial charge is 0.322 e. The molecule has 0 bridgehead atoms. The van der Waals surface area contributed by atoms with Crippen LogP contribution in [-0.2, 0) is 4.79 Å². The molecule has 0 radical (unpaired) electrons. The summed E-state index contributed by atoms with van der Waals surface area (Å²) in [4.78, 5) is 25.0. The van der Waals surface area contributed by atoms with Crippen LogP contribution in [0.3, 0.4) is 0 Å². The van der Waals surface area contributed by atoms with Crippen LogP contribution in [0.25, 0.3) is 0 Å². The topological polar surface area (TPSA) is 61.4 Å². The van der Waals surface area contributed by atoms with Crippen molar-refractivity contribution < 1.29 is 14.0 Å². The predicted molar refractivity (Wildman–Crippen MR) is 83.1 cm³/mol. The molecule has 0 unspecified atom stereocenters. The molecule has 0 heterocycles. The quantitative estimate of drug-likeness (QED) is 0.912. The van der Waals surface area contributed by atoms with Gasteiger partial charge in [0.05, 0.1) is 0 Å². The molecule has 5 nitrogen and oxygen atoms in total. The number of amides is 3. The maximum atomic E-state index is 12.8. The van der Waals surface area contributed by atoms with E-state index in [1.165, 1.54) is 36.2 Å². The van der Waals surface area contributed by atoms with Crippen molar-refractivity contribution in [1.29, 1.82) is 0 Å². The zero-order valence-corrected chi connectivity index (χ0v) is 12.0. The first-order valence-corrected chi connectivity index (χ1v) is 6.67. The van der Waals surface area contributed by atoms with Crippen molar-refractivity contribution in [2.24, 2.45) is 0 Å². The van der Waals surface area contributed by atoms with Gasteiger partial charge in [0.25, 0.3) is 0 Å². The lowest BCUT2D eigenvalue weighted by molar-refractivity contribution is -0.116. The minimum atomic E-state index is -0.449. The van der Waals surface area contributed by atoms with Crippen LogP contribution in [0.2, 0.25) is 0 Å². The number of carbonyl (C=O) groups excluding carboxylic acids is 2. The van der Waals surface area contributed by atoms with Crippen LogP contribution in [0, 0.1) is 5.82 Å². The van der Waals surface area contributed by atoms with Gasteiger partial charge in [-0.3, -0.25) is 4.79 Å². The Morgan fingerprint density at radius 2 is 1.55 bits per heavy atom. The summed E-state index contributed by atoms with van der Waals surface area (Å²) >= 11 is 0. The Balaban J connectivity index is 1.85. The molecule has 22 heavy (non-hydrogen) atoms. The third-order valence-electron chi connectivity index (χ3n) is 2.88. The number of hydrogen-bond donors (Lipinski definition) is 2. The Morgan fingerprint density at radius 1 is 0.955 bits per heavy atom. The zero-order chi connectivity index (χ0) is 15.9. The molecule has 3 amide bonds. The molecule has 0 atom stereocenters. The minimum Gasteiger partial charge on any atom is -0.325 e. The van der Waals surface area contributed by atoms with E-state index in [9.17, 15) is 14.0 Å². The largest absolute Gasteiger partial charge is 0.325 e. The monoisotopic (exact) mass is 301 g/mol. The molecule has 0 saturated heterocycles. The van der Waals surface area contributed by atoms with E-state index in [2.05, 4.69) is 10.6 Å². The van der Waals surface area contributed by atoms with Crippen LogP contribution >= 0.6 is 0 Å². The van der Waals surface area contributed by atoms with Crippen molar-refractivity contribution in [3.05, 3.63) is 60.4 Å². The Bertz CT molecular complexity index is 644. The highest BCUT2D eigenvalue weighted by atomic mass is 19.1. The second-order valence-corrected chi connectivity index (χ2v) is 4.71. The van der Waals surface area contributed by atoms with E-state index in [-0.39, 0.29) is 18.3 Å². The van der Waals surface area contributed by atoms with Crippen LogP contribution in [-0.4, -0.2) is 30.4 Å². The average Bonchev–Trinajstić information content (AvgIpc) is 2.50. The predicted octanol–water partition coefficient (Wildman–Crippen LogP) is 2.93. The fourth-order valence-corrected chi connectivity index (χ4v) is 1.76. The van der Waals surface area contributed by atoms with Gasteiger partial charge in [-0.25, -0.2) is 9.18 Å². The first-order chi connectivity index (χ1) is 10.5. The number of likely N-dealkylation sites (N-methyl/N-ethyl adjacent to an activating group) is 1. The Kier molecular flexibility index (Phi) is 5.08. The highest BCUT2D eigenvalue weighted by molar-refractivity contribution is 5.96. The number of nitrogens with one attached hydrogen (secondary N) is 2. The van der Waals surface area contributed by atoms with Gasteiger partial charge in [-0.2, -0.15) is 0 Å². The lowest BCUT2D eigenvalue weighted by Gasteiger charge is -2.17.